The Morgan fingerprint density at radius 3 is 2.50 bits per heavy atom. The molecule has 0 radical (unpaired) electrons. The second-order valence-corrected chi connectivity index (χ2v) is 4.27. The molecule has 0 heterocycles. The molecule has 0 aliphatic heterocycles. The van der Waals surface area contributed by atoms with Gasteiger partial charge in [-0.2, -0.15) is 0 Å². The van der Waals surface area contributed by atoms with Gasteiger partial charge < -0.3 is 4.74 Å². The molecule has 0 saturated carbocycles. The summed E-state index contributed by atoms with van der Waals surface area (Å²) in [6, 6.07) is 7.77. The van der Waals surface area contributed by atoms with Gasteiger partial charge in [-0.25, -0.2) is 0 Å². The Bertz CT molecular complexity index is 337. The summed E-state index contributed by atoms with van der Waals surface area (Å²) in [7, 11) is 0. The van der Waals surface area contributed by atoms with Crippen molar-refractivity contribution in [3.63, 3.8) is 0 Å². The van der Waals surface area contributed by atoms with Crippen LogP contribution in [0.3, 0.4) is 0 Å². The summed E-state index contributed by atoms with van der Waals surface area (Å²) in [6.07, 6.45) is 6.57. The summed E-state index contributed by atoms with van der Waals surface area (Å²) < 4.78 is 4.73. The van der Waals surface area contributed by atoms with Gasteiger partial charge in [-0.15, -0.1) is 5.26 Å². The summed E-state index contributed by atoms with van der Waals surface area (Å²) in [5, 5.41) is 8.35. The van der Waals surface area contributed by atoms with E-state index in [1.54, 1.807) is 6.26 Å². The standard InChI is InChI=1S/C14H19NO/c1-3-4-12(2)5-6-13-7-9-14(10-8-13)16-11-15/h7-10,12H,3-6H2,1-2H3. The zero-order valence-electron chi connectivity index (χ0n) is 10.1. The van der Waals surface area contributed by atoms with Crippen LogP contribution in [0.1, 0.15) is 38.7 Å². The molecule has 2 nitrogen and oxygen atoms in total. The van der Waals surface area contributed by atoms with Crippen LogP contribution in [-0.2, 0) is 6.42 Å². The van der Waals surface area contributed by atoms with E-state index >= 15 is 0 Å². The van der Waals surface area contributed by atoms with Crippen molar-refractivity contribution in [1.29, 1.82) is 5.26 Å². The van der Waals surface area contributed by atoms with Crippen LogP contribution in [-0.4, -0.2) is 0 Å². The van der Waals surface area contributed by atoms with E-state index < -0.39 is 0 Å². The van der Waals surface area contributed by atoms with Gasteiger partial charge in [-0.05, 0) is 36.5 Å². The highest BCUT2D eigenvalue weighted by molar-refractivity contribution is 5.28. The lowest BCUT2D eigenvalue weighted by Gasteiger charge is -2.09. The number of hydrogen-bond acceptors (Lipinski definition) is 2. The van der Waals surface area contributed by atoms with E-state index in [0.29, 0.717) is 5.75 Å². The van der Waals surface area contributed by atoms with Crippen molar-refractivity contribution < 1.29 is 4.74 Å². The molecule has 0 aliphatic rings. The first-order chi connectivity index (χ1) is 7.76. The smallest absolute Gasteiger partial charge is 0.292 e. The monoisotopic (exact) mass is 217 g/mol. The number of aryl methyl sites for hydroxylation is 1. The van der Waals surface area contributed by atoms with Crippen molar-refractivity contribution in [2.75, 3.05) is 0 Å². The Labute approximate surface area is 97.9 Å². The molecule has 1 aromatic carbocycles. The Balaban J connectivity index is 2.40. The predicted molar refractivity (Wildman–Crippen MR) is 65.1 cm³/mol. The summed E-state index contributed by atoms with van der Waals surface area (Å²) in [6.45, 7) is 4.53. The van der Waals surface area contributed by atoms with E-state index in [-0.39, 0.29) is 0 Å². The highest BCUT2D eigenvalue weighted by Gasteiger charge is 2.01. The van der Waals surface area contributed by atoms with Crippen molar-refractivity contribution in [1.82, 2.24) is 0 Å². The number of nitriles is 1. The molecular weight excluding hydrogens is 198 g/mol. The van der Waals surface area contributed by atoms with E-state index in [9.17, 15) is 0 Å². The van der Waals surface area contributed by atoms with Crippen LogP contribution in [0.2, 0.25) is 0 Å². The van der Waals surface area contributed by atoms with E-state index in [1.807, 2.05) is 24.3 Å². The van der Waals surface area contributed by atoms with Crippen LogP contribution < -0.4 is 4.74 Å². The summed E-state index contributed by atoms with van der Waals surface area (Å²) >= 11 is 0. The van der Waals surface area contributed by atoms with Gasteiger partial charge in [0.05, 0.1) is 0 Å². The summed E-state index contributed by atoms with van der Waals surface area (Å²) in [4.78, 5) is 0. The number of hydrogen-bond donors (Lipinski definition) is 0. The molecule has 16 heavy (non-hydrogen) atoms. The fourth-order valence-corrected chi connectivity index (χ4v) is 1.83. The van der Waals surface area contributed by atoms with Crippen molar-refractivity contribution >= 4 is 0 Å². The first-order valence-electron chi connectivity index (χ1n) is 5.91. The second kappa shape index (κ2) is 6.90. The predicted octanol–water partition coefficient (Wildman–Crippen LogP) is 3.92. The molecule has 0 amide bonds. The quantitative estimate of drug-likeness (QED) is 0.677. The van der Waals surface area contributed by atoms with Crippen LogP contribution in [0.5, 0.6) is 5.75 Å². The molecule has 0 bridgehead atoms. The van der Waals surface area contributed by atoms with Gasteiger partial charge in [0.2, 0.25) is 0 Å². The molecule has 0 aliphatic carbocycles. The zero-order chi connectivity index (χ0) is 11.8. The van der Waals surface area contributed by atoms with Crippen LogP contribution in [0.15, 0.2) is 24.3 Å². The topological polar surface area (TPSA) is 33.0 Å². The van der Waals surface area contributed by atoms with E-state index in [4.69, 9.17) is 10.00 Å². The van der Waals surface area contributed by atoms with Gasteiger partial charge in [0, 0.05) is 0 Å². The molecule has 0 spiro atoms. The van der Waals surface area contributed by atoms with Gasteiger partial charge in [0.1, 0.15) is 5.75 Å². The number of ether oxygens (including phenoxy) is 1. The fourth-order valence-electron chi connectivity index (χ4n) is 1.83. The molecule has 0 fully saturated rings. The van der Waals surface area contributed by atoms with Crippen molar-refractivity contribution in [2.45, 2.75) is 39.5 Å². The minimum Gasteiger partial charge on any atom is -0.388 e. The van der Waals surface area contributed by atoms with Crippen LogP contribution in [0, 0.1) is 17.4 Å². The lowest BCUT2D eigenvalue weighted by molar-refractivity contribution is 0.485. The van der Waals surface area contributed by atoms with Gasteiger partial charge >= 0.3 is 0 Å². The molecule has 1 unspecified atom stereocenters. The van der Waals surface area contributed by atoms with E-state index in [1.165, 1.54) is 24.8 Å². The molecule has 0 N–H and O–H groups in total. The Morgan fingerprint density at radius 2 is 1.94 bits per heavy atom. The first kappa shape index (κ1) is 12.6. The maximum atomic E-state index is 8.35. The summed E-state index contributed by atoms with van der Waals surface area (Å²) in [5.74, 6) is 1.41. The number of benzene rings is 1. The normalized spacial score (nSPS) is 11.8. The van der Waals surface area contributed by atoms with Gasteiger partial charge in [0.15, 0.2) is 0 Å². The minimum absolute atomic E-state index is 0.618. The molecule has 1 atom stereocenters. The second-order valence-electron chi connectivity index (χ2n) is 4.27. The highest BCUT2D eigenvalue weighted by atomic mass is 16.5. The Morgan fingerprint density at radius 1 is 1.25 bits per heavy atom. The van der Waals surface area contributed by atoms with Gasteiger partial charge in [0.25, 0.3) is 6.26 Å². The van der Waals surface area contributed by atoms with Crippen molar-refractivity contribution in [2.24, 2.45) is 5.92 Å². The molecule has 2 heteroatoms. The lowest BCUT2D eigenvalue weighted by Crippen LogP contribution is -1.96. The Hall–Kier alpha value is -1.49. The van der Waals surface area contributed by atoms with Crippen LogP contribution >= 0.6 is 0 Å². The van der Waals surface area contributed by atoms with Crippen molar-refractivity contribution in [3.05, 3.63) is 29.8 Å². The largest absolute Gasteiger partial charge is 0.388 e. The van der Waals surface area contributed by atoms with E-state index in [0.717, 1.165) is 12.3 Å². The minimum atomic E-state index is 0.618. The Kier molecular flexibility index (Phi) is 5.42. The maximum Gasteiger partial charge on any atom is 0.292 e. The van der Waals surface area contributed by atoms with Crippen LogP contribution in [0.25, 0.3) is 0 Å². The average Bonchev–Trinajstić information content (AvgIpc) is 2.29. The average molecular weight is 217 g/mol. The van der Waals surface area contributed by atoms with E-state index in [2.05, 4.69) is 13.8 Å². The molecule has 0 aromatic heterocycles. The SMILES string of the molecule is CCCC(C)CCc1ccc(OC#N)cc1. The molecule has 1 aromatic rings. The lowest BCUT2D eigenvalue weighted by atomic mass is 9.97. The number of rotatable bonds is 6. The number of nitrogens with zero attached hydrogens (tertiary/aromatic N) is 1. The molecule has 86 valence electrons. The first-order valence-corrected chi connectivity index (χ1v) is 5.91. The summed E-state index contributed by atoms with van der Waals surface area (Å²) in [5.41, 5.74) is 1.31. The van der Waals surface area contributed by atoms with Crippen molar-refractivity contribution in [3.8, 4) is 12.0 Å². The molecule has 1 rings (SSSR count). The van der Waals surface area contributed by atoms with Gasteiger partial charge in [-0.3, -0.25) is 0 Å². The van der Waals surface area contributed by atoms with Crippen LogP contribution in [0.4, 0.5) is 0 Å². The maximum absolute atomic E-state index is 8.35. The molecular formula is C14H19NO. The fraction of sp³-hybridized carbons (Fsp3) is 0.500. The third-order valence-electron chi connectivity index (χ3n) is 2.79. The van der Waals surface area contributed by atoms with Gasteiger partial charge in [-0.1, -0.05) is 38.8 Å². The zero-order valence-corrected chi connectivity index (χ0v) is 10.1. The molecule has 0 saturated heterocycles. The third-order valence-corrected chi connectivity index (χ3v) is 2.79. The highest BCUT2D eigenvalue weighted by Crippen LogP contribution is 2.17. The third kappa shape index (κ3) is 4.35.